The Morgan fingerprint density at radius 2 is 1.68 bits per heavy atom. The Bertz CT molecular complexity index is 1230. The Kier molecular flexibility index (Phi) is 9.99. The molecule has 2 aliphatic rings. The molecule has 0 spiro atoms. The molecule has 4 rings (SSSR count). The summed E-state index contributed by atoms with van der Waals surface area (Å²) in [7, 11) is 0. The van der Waals surface area contributed by atoms with Crippen molar-refractivity contribution < 1.29 is 24.2 Å². The molecule has 0 bridgehead atoms. The van der Waals surface area contributed by atoms with Crippen molar-refractivity contribution in [3.63, 3.8) is 0 Å². The van der Waals surface area contributed by atoms with Gasteiger partial charge in [0, 0.05) is 57.6 Å². The van der Waals surface area contributed by atoms with Crippen molar-refractivity contribution in [3.05, 3.63) is 47.8 Å². The van der Waals surface area contributed by atoms with Crippen LogP contribution in [0.2, 0.25) is 0 Å². The number of hydrogen-bond donors (Lipinski definition) is 2. The Morgan fingerprint density at radius 3 is 2.32 bits per heavy atom. The minimum Gasteiger partial charge on any atom is -0.480 e. The van der Waals surface area contributed by atoms with Crippen LogP contribution < -0.4 is 5.32 Å². The fraction of sp³-hybridized carbons (Fsp3) is 0.548. The van der Waals surface area contributed by atoms with Crippen LogP contribution in [0.15, 0.2) is 36.5 Å². The number of anilines is 1. The number of likely N-dealkylation sites (tertiary alicyclic amines) is 1. The predicted octanol–water partition coefficient (Wildman–Crippen LogP) is 4.21. The molecule has 2 aromatic rings. The van der Waals surface area contributed by atoms with Crippen molar-refractivity contribution in [3.8, 4) is 11.1 Å². The number of carboxylic acid groups (broad SMARTS) is 1. The second-order valence-electron chi connectivity index (χ2n) is 12.0. The first-order chi connectivity index (χ1) is 19.5. The molecular weight excluding hydrogens is 522 g/mol. The van der Waals surface area contributed by atoms with Gasteiger partial charge >= 0.3 is 12.1 Å². The van der Waals surface area contributed by atoms with E-state index in [9.17, 15) is 14.4 Å². The van der Waals surface area contributed by atoms with Crippen molar-refractivity contribution in [1.29, 1.82) is 0 Å². The van der Waals surface area contributed by atoms with E-state index in [1.807, 2.05) is 21.9 Å². The van der Waals surface area contributed by atoms with Gasteiger partial charge in [0.2, 0.25) is 0 Å². The number of aliphatic carboxylic acids is 1. The normalized spacial score (nSPS) is 17.3. The van der Waals surface area contributed by atoms with Crippen LogP contribution in [0, 0.1) is 5.92 Å². The lowest BCUT2D eigenvalue weighted by atomic mass is 9.95. The highest BCUT2D eigenvalue weighted by atomic mass is 16.6. The monoisotopic (exact) mass is 565 g/mol. The second kappa shape index (κ2) is 13.4. The third-order valence-electron chi connectivity index (χ3n) is 7.64. The van der Waals surface area contributed by atoms with Gasteiger partial charge in [-0.15, -0.1) is 0 Å². The molecule has 1 aromatic carbocycles. The SMILES string of the molecule is CCc1cccc(-c2cnc(C(=O)N3CCC(CN4CCN(CC(=O)O)CC4)CC3)c(NC(=O)OC(C)(C)C)c2)c1. The predicted molar refractivity (Wildman–Crippen MR) is 158 cm³/mol. The zero-order valence-corrected chi connectivity index (χ0v) is 24.7. The number of amides is 2. The molecule has 222 valence electrons. The molecule has 0 aliphatic carbocycles. The van der Waals surface area contributed by atoms with Crippen molar-refractivity contribution in [2.24, 2.45) is 5.92 Å². The van der Waals surface area contributed by atoms with Crippen molar-refractivity contribution in [2.75, 3.05) is 57.7 Å². The molecule has 2 aliphatic heterocycles. The average molecular weight is 566 g/mol. The Balaban J connectivity index is 1.42. The molecule has 1 aromatic heterocycles. The van der Waals surface area contributed by atoms with Crippen LogP contribution in [0.1, 0.15) is 56.6 Å². The minimum absolute atomic E-state index is 0.0965. The van der Waals surface area contributed by atoms with E-state index in [-0.39, 0.29) is 18.1 Å². The number of carboxylic acids is 1. The summed E-state index contributed by atoms with van der Waals surface area (Å²) in [6.07, 6.45) is 3.74. The van der Waals surface area contributed by atoms with Gasteiger partial charge in [-0.2, -0.15) is 0 Å². The van der Waals surface area contributed by atoms with Crippen LogP contribution in [0.4, 0.5) is 10.5 Å². The Morgan fingerprint density at radius 1 is 1.00 bits per heavy atom. The maximum Gasteiger partial charge on any atom is 0.412 e. The number of hydrogen-bond acceptors (Lipinski definition) is 7. The first-order valence-corrected chi connectivity index (χ1v) is 14.6. The Labute approximate surface area is 242 Å². The van der Waals surface area contributed by atoms with E-state index >= 15 is 0 Å². The largest absolute Gasteiger partial charge is 0.480 e. The molecule has 3 heterocycles. The summed E-state index contributed by atoms with van der Waals surface area (Å²) in [6.45, 7) is 13.0. The molecule has 0 radical (unpaired) electrons. The van der Waals surface area contributed by atoms with Gasteiger partial charge < -0.3 is 19.6 Å². The highest BCUT2D eigenvalue weighted by molar-refractivity contribution is 6.01. The second-order valence-corrected chi connectivity index (χ2v) is 12.0. The summed E-state index contributed by atoms with van der Waals surface area (Å²) < 4.78 is 5.48. The fourth-order valence-electron chi connectivity index (χ4n) is 5.43. The van der Waals surface area contributed by atoms with Gasteiger partial charge in [-0.3, -0.25) is 19.8 Å². The molecule has 10 nitrogen and oxygen atoms in total. The number of aromatic nitrogens is 1. The summed E-state index contributed by atoms with van der Waals surface area (Å²) in [5.41, 5.74) is 2.83. The summed E-state index contributed by atoms with van der Waals surface area (Å²) in [5.74, 6) is -0.508. The number of benzene rings is 1. The maximum absolute atomic E-state index is 13.7. The molecular formula is C31H43N5O5. The quantitative estimate of drug-likeness (QED) is 0.489. The summed E-state index contributed by atoms with van der Waals surface area (Å²) in [6, 6.07) is 9.94. The molecule has 0 atom stereocenters. The maximum atomic E-state index is 13.7. The number of carbonyl (C=O) groups is 3. The van der Waals surface area contributed by atoms with Crippen molar-refractivity contribution >= 4 is 23.7 Å². The average Bonchev–Trinajstić information content (AvgIpc) is 2.93. The van der Waals surface area contributed by atoms with Crippen LogP contribution >= 0.6 is 0 Å². The third kappa shape index (κ3) is 8.74. The molecule has 2 amide bonds. The molecule has 10 heteroatoms. The standard InChI is InChI=1S/C31H43N5O5/c1-5-22-7-6-8-24(17-22)25-18-26(33-30(40)41-31(2,3)4)28(32-19-25)29(39)36-11-9-23(10-12-36)20-34-13-15-35(16-14-34)21-27(37)38/h6-8,17-19,23H,5,9-16,20-21H2,1-4H3,(H,33,40)(H,37,38). The zero-order valence-electron chi connectivity index (χ0n) is 24.7. The van der Waals surface area contributed by atoms with Crippen molar-refractivity contribution in [2.45, 2.75) is 52.6 Å². The number of piperidine rings is 1. The first kappa shape index (κ1) is 30.5. The number of rotatable bonds is 8. The van der Waals surface area contributed by atoms with Gasteiger partial charge in [-0.25, -0.2) is 9.78 Å². The first-order valence-electron chi connectivity index (χ1n) is 14.6. The number of nitrogens with one attached hydrogen (secondary N) is 1. The van der Waals surface area contributed by atoms with Gasteiger partial charge in [0.1, 0.15) is 5.60 Å². The lowest BCUT2D eigenvalue weighted by molar-refractivity contribution is -0.138. The van der Waals surface area contributed by atoms with Gasteiger partial charge in [0.25, 0.3) is 5.91 Å². The number of pyridine rings is 1. The van der Waals surface area contributed by atoms with E-state index in [0.29, 0.717) is 24.7 Å². The van der Waals surface area contributed by atoms with Crippen LogP contribution in [0.3, 0.4) is 0 Å². The van der Waals surface area contributed by atoms with Crippen LogP contribution in [0.25, 0.3) is 11.1 Å². The molecule has 41 heavy (non-hydrogen) atoms. The third-order valence-corrected chi connectivity index (χ3v) is 7.64. The molecule has 0 unspecified atom stereocenters. The minimum atomic E-state index is -0.783. The van der Waals surface area contributed by atoms with Crippen LogP contribution in [-0.2, 0) is 16.0 Å². The van der Waals surface area contributed by atoms with E-state index in [1.54, 1.807) is 33.0 Å². The van der Waals surface area contributed by atoms with Crippen LogP contribution in [-0.4, -0.2) is 101 Å². The smallest absolute Gasteiger partial charge is 0.412 e. The molecule has 2 N–H and O–H groups in total. The number of ether oxygens (including phenoxy) is 1. The summed E-state index contributed by atoms with van der Waals surface area (Å²) >= 11 is 0. The van der Waals surface area contributed by atoms with Gasteiger partial charge in [-0.05, 0) is 63.1 Å². The van der Waals surface area contributed by atoms with E-state index < -0.39 is 17.7 Å². The number of nitrogens with zero attached hydrogens (tertiary/aromatic N) is 4. The lowest BCUT2D eigenvalue weighted by Crippen LogP contribution is -2.50. The molecule has 0 saturated carbocycles. The van der Waals surface area contributed by atoms with Gasteiger partial charge in [0.05, 0.1) is 12.2 Å². The lowest BCUT2D eigenvalue weighted by Gasteiger charge is -2.38. The summed E-state index contributed by atoms with van der Waals surface area (Å²) in [4.78, 5) is 48.1. The topological polar surface area (TPSA) is 115 Å². The highest BCUT2D eigenvalue weighted by Crippen LogP contribution is 2.28. The van der Waals surface area contributed by atoms with E-state index in [1.165, 1.54) is 5.56 Å². The zero-order chi connectivity index (χ0) is 29.6. The highest BCUT2D eigenvalue weighted by Gasteiger charge is 2.29. The van der Waals surface area contributed by atoms with Crippen molar-refractivity contribution in [1.82, 2.24) is 19.7 Å². The molecule has 2 fully saturated rings. The number of aryl methyl sites for hydroxylation is 1. The van der Waals surface area contributed by atoms with E-state index in [4.69, 9.17) is 9.84 Å². The van der Waals surface area contributed by atoms with E-state index in [0.717, 1.165) is 63.1 Å². The van der Waals surface area contributed by atoms with E-state index in [2.05, 4.69) is 34.3 Å². The van der Waals surface area contributed by atoms with Gasteiger partial charge in [0.15, 0.2) is 5.69 Å². The molecule has 2 saturated heterocycles. The number of carbonyl (C=O) groups excluding carboxylic acids is 2. The van der Waals surface area contributed by atoms with Crippen LogP contribution in [0.5, 0.6) is 0 Å². The fourth-order valence-corrected chi connectivity index (χ4v) is 5.43. The summed E-state index contributed by atoms with van der Waals surface area (Å²) in [5, 5.41) is 11.8. The number of piperazine rings is 1. The van der Waals surface area contributed by atoms with Gasteiger partial charge in [-0.1, -0.05) is 31.2 Å². The Hall–Kier alpha value is -3.50.